The lowest BCUT2D eigenvalue weighted by Gasteiger charge is -2.23. The van der Waals surface area contributed by atoms with Crippen LogP contribution in [-0.4, -0.2) is 16.1 Å². The normalized spacial score (nSPS) is 15.5. The molecule has 0 radical (unpaired) electrons. The van der Waals surface area contributed by atoms with Crippen LogP contribution in [0.15, 0.2) is 30.7 Å². The van der Waals surface area contributed by atoms with Crippen molar-refractivity contribution in [1.82, 2.24) is 9.55 Å². The number of anilines is 1. The van der Waals surface area contributed by atoms with Crippen LogP contribution >= 0.6 is 0 Å². The fourth-order valence-corrected chi connectivity index (χ4v) is 3.14. The monoisotopic (exact) mass is 269 g/mol. The van der Waals surface area contributed by atoms with E-state index >= 15 is 0 Å². The van der Waals surface area contributed by atoms with Crippen LogP contribution in [0.4, 0.5) is 5.69 Å². The number of imidazole rings is 1. The highest BCUT2D eigenvalue weighted by Crippen LogP contribution is 2.35. The van der Waals surface area contributed by atoms with Gasteiger partial charge in [-0.1, -0.05) is 31.5 Å². The van der Waals surface area contributed by atoms with Gasteiger partial charge in [0.2, 0.25) is 0 Å². The molecule has 1 N–H and O–H groups in total. The van der Waals surface area contributed by atoms with Gasteiger partial charge in [0.05, 0.1) is 18.2 Å². The minimum Gasteiger partial charge on any atom is -0.384 e. The zero-order valence-electron chi connectivity index (χ0n) is 12.4. The largest absolute Gasteiger partial charge is 0.384 e. The highest BCUT2D eigenvalue weighted by Gasteiger charge is 2.17. The molecule has 0 fully saturated rings. The molecule has 0 spiro atoms. The van der Waals surface area contributed by atoms with Crippen LogP contribution in [0, 0.1) is 0 Å². The van der Waals surface area contributed by atoms with Gasteiger partial charge in [-0.3, -0.25) is 0 Å². The van der Waals surface area contributed by atoms with Crippen molar-refractivity contribution in [3.8, 4) is 11.3 Å². The second-order valence-corrected chi connectivity index (χ2v) is 5.69. The van der Waals surface area contributed by atoms with Crippen molar-refractivity contribution in [3.05, 3.63) is 36.3 Å². The Hall–Kier alpha value is -1.77. The van der Waals surface area contributed by atoms with Crippen LogP contribution in [0.25, 0.3) is 11.3 Å². The molecule has 106 valence electrons. The average molecular weight is 269 g/mol. The van der Waals surface area contributed by atoms with E-state index in [1.54, 1.807) is 0 Å². The highest BCUT2D eigenvalue weighted by molar-refractivity contribution is 5.79. The number of fused-ring (bicyclic) bond motifs is 1. The Labute approximate surface area is 121 Å². The molecule has 1 aliphatic heterocycles. The van der Waals surface area contributed by atoms with Gasteiger partial charge in [0, 0.05) is 23.8 Å². The molecule has 1 unspecified atom stereocenters. The van der Waals surface area contributed by atoms with Crippen molar-refractivity contribution in [2.75, 3.05) is 11.9 Å². The molecule has 3 heteroatoms. The third kappa shape index (κ3) is 2.33. The summed E-state index contributed by atoms with van der Waals surface area (Å²) in [5, 5.41) is 3.58. The molecular weight excluding hydrogens is 246 g/mol. The Balaban J connectivity index is 2.04. The van der Waals surface area contributed by atoms with E-state index in [0.29, 0.717) is 6.04 Å². The Morgan fingerprint density at radius 2 is 2.30 bits per heavy atom. The molecule has 2 heterocycles. The molecule has 3 rings (SSSR count). The van der Waals surface area contributed by atoms with Gasteiger partial charge in [-0.25, -0.2) is 4.98 Å². The fourth-order valence-electron chi connectivity index (χ4n) is 3.14. The van der Waals surface area contributed by atoms with E-state index in [2.05, 4.69) is 46.9 Å². The predicted octanol–water partition coefficient (Wildman–Crippen LogP) is 4.27. The summed E-state index contributed by atoms with van der Waals surface area (Å²) in [4.78, 5) is 4.39. The van der Waals surface area contributed by atoms with E-state index < -0.39 is 0 Å². The molecule has 0 saturated heterocycles. The van der Waals surface area contributed by atoms with Gasteiger partial charge in [-0.2, -0.15) is 0 Å². The van der Waals surface area contributed by atoms with Crippen LogP contribution in [0.5, 0.6) is 0 Å². The SMILES string of the molecule is CCCC(C)n1cncc1-c1cccc2c1NCCC2. The average Bonchev–Trinajstić information content (AvgIpc) is 2.96. The summed E-state index contributed by atoms with van der Waals surface area (Å²) in [5.41, 5.74) is 5.27. The maximum atomic E-state index is 4.39. The van der Waals surface area contributed by atoms with Gasteiger partial charge >= 0.3 is 0 Å². The van der Waals surface area contributed by atoms with E-state index in [0.717, 1.165) is 6.54 Å². The lowest BCUT2D eigenvalue weighted by atomic mass is 9.98. The summed E-state index contributed by atoms with van der Waals surface area (Å²) in [6.45, 7) is 5.58. The molecule has 0 amide bonds. The summed E-state index contributed by atoms with van der Waals surface area (Å²) in [6, 6.07) is 7.12. The second kappa shape index (κ2) is 5.70. The number of hydrogen-bond donors (Lipinski definition) is 1. The summed E-state index contributed by atoms with van der Waals surface area (Å²) in [7, 11) is 0. The van der Waals surface area contributed by atoms with Crippen molar-refractivity contribution in [1.29, 1.82) is 0 Å². The second-order valence-electron chi connectivity index (χ2n) is 5.69. The molecule has 20 heavy (non-hydrogen) atoms. The van der Waals surface area contributed by atoms with E-state index in [1.807, 2.05) is 12.5 Å². The molecule has 1 aromatic carbocycles. The number of para-hydroxylation sites is 1. The first-order valence-electron chi connectivity index (χ1n) is 7.69. The summed E-state index contributed by atoms with van der Waals surface area (Å²) < 4.78 is 2.31. The number of hydrogen-bond acceptors (Lipinski definition) is 2. The zero-order chi connectivity index (χ0) is 13.9. The number of nitrogens with zero attached hydrogens (tertiary/aromatic N) is 2. The van der Waals surface area contributed by atoms with Crippen LogP contribution in [0.3, 0.4) is 0 Å². The topological polar surface area (TPSA) is 29.9 Å². The Morgan fingerprint density at radius 1 is 1.40 bits per heavy atom. The first-order chi connectivity index (χ1) is 9.81. The highest BCUT2D eigenvalue weighted by atomic mass is 15.1. The van der Waals surface area contributed by atoms with Gasteiger partial charge in [-0.05, 0) is 31.7 Å². The standard InChI is InChI=1S/C17H23N3/c1-3-6-13(2)20-12-18-11-16(20)15-9-4-7-14-8-5-10-19-17(14)15/h4,7,9,11-13,19H,3,5-6,8,10H2,1-2H3. The van der Waals surface area contributed by atoms with Crippen molar-refractivity contribution in [3.63, 3.8) is 0 Å². The van der Waals surface area contributed by atoms with Gasteiger partial charge in [0.1, 0.15) is 0 Å². The van der Waals surface area contributed by atoms with E-state index in [-0.39, 0.29) is 0 Å². The van der Waals surface area contributed by atoms with E-state index in [4.69, 9.17) is 0 Å². The number of rotatable bonds is 4. The predicted molar refractivity (Wildman–Crippen MR) is 84.1 cm³/mol. The lowest BCUT2D eigenvalue weighted by Crippen LogP contribution is -2.13. The number of aromatic nitrogens is 2. The number of aryl methyl sites for hydroxylation is 1. The Bertz CT molecular complexity index is 586. The minimum absolute atomic E-state index is 0.497. The molecule has 0 saturated carbocycles. The third-order valence-corrected chi connectivity index (χ3v) is 4.20. The number of nitrogens with one attached hydrogen (secondary N) is 1. The smallest absolute Gasteiger partial charge is 0.0953 e. The molecule has 2 aromatic rings. The number of benzene rings is 1. The van der Waals surface area contributed by atoms with Crippen LogP contribution in [-0.2, 0) is 6.42 Å². The van der Waals surface area contributed by atoms with Gasteiger partial charge in [-0.15, -0.1) is 0 Å². The quantitative estimate of drug-likeness (QED) is 0.898. The maximum Gasteiger partial charge on any atom is 0.0953 e. The van der Waals surface area contributed by atoms with E-state index in [1.165, 1.54) is 48.2 Å². The lowest BCUT2D eigenvalue weighted by molar-refractivity contribution is 0.504. The van der Waals surface area contributed by atoms with Gasteiger partial charge in [0.15, 0.2) is 0 Å². The van der Waals surface area contributed by atoms with Gasteiger partial charge < -0.3 is 9.88 Å². The summed E-state index contributed by atoms with van der Waals surface area (Å²) in [5.74, 6) is 0. The maximum absolute atomic E-state index is 4.39. The molecule has 3 nitrogen and oxygen atoms in total. The fraction of sp³-hybridized carbons (Fsp3) is 0.471. The molecule has 1 aromatic heterocycles. The summed E-state index contributed by atoms with van der Waals surface area (Å²) in [6.07, 6.45) is 8.75. The van der Waals surface area contributed by atoms with Crippen LogP contribution in [0.1, 0.15) is 44.7 Å². The first kappa shape index (κ1) is 13.2. The van der Waals surface area contributed by atoms with Crippen LogP contribution in [0.2, 0.25) is 0 Å². The minimum atomic E-state index is 0.497. The van der Waals surface area contributed by atoms with Crippen molar-refractivity contribution in [2.45, 2.75) is 45.6 Å². The molecule has 1 aliphatic rings. The Morgan fingerprint density at radius 3 is 3.15 bits per heavy atom. The first-order valence-corrected chi connectivity index (χ1v) is 7.69. The van der Waals surface area contributed by atoms with Crippen molar-refractivity contribution in [2.24, 2.45) is 0 Å². The zero-order valence-corrected chi connectivity index (χ0v) is 12.4. The van der Waals surface area contributed by atoms with E-state index in [9.17, 15) is 0 Å². The third-order valence-electron chi connectivity index (χ3n) is 4.20. The van der Waals surface area contributed by atoms with Crippen molar-refractivity contribution < 1.29 is 0 Å². The van der Waals surface area contributed by atoms with Crippen LogP contribution < -0.4 is 5.32 Å². The molecular formula is C17H23N3. The summed E-state index contributed by atoms with van der Waals surface area (Å²) >= 11 is 0. The molecule has 0 aliphatic carbocycles. The van der Waals surface area contributed by atoms with Gasteiger partial charge in [0.25, 0.3) is 0 Å². The molecule has 1 atom stereocenters. The van der Waals surface area contributed by atoms with Crippen molar-refractivity contribution >= 4 is 5.69 Å². The Kier molecular flexibility index (Phi) is 3.77. The molecule has 0 bridgehead atoms.